The van der Waals surface area contributed by atoms with E-state index in [1.807, 2.05) is 60.7 Å². The fourth-order valence-electron chi connectivity index (χ4n) is 3.04. The number of nitrogens with one attached hydrogen (secondary N) is 2. The Morgan fingerprint density at radius 2 is 0.609 bits per heavy atom. The van der Waals surface area contributed by atoms with Gasteiger partial charge in [-0.25, -0.2) is 16.8 Å². The smallest absolute Gasteiger partial charge is 0.171 e. The summed E-state index contributed by atoms with van der Waals surface area (Å²) >= 11 is 2.40. The number of hydrogen-bond donors (Lipinski definition) is 2. The molecule has 0 unspecified atom stereocenters. The molecule has 0 saturated heterocycles. The van der Waals surface area contributed by atoms with E-state index in [2.05, 4.69) is 158 Å². The first kappa shape index (κ1) is 72.8. The number of benzene rings is 4. The Morgan fingerprint density at radius 1 is 0.453 bits per heavy atom. The topological polar surface area (TPSA) is 162 Å². The van der Waals surface area contributed by atoms with Crippen molar-refractivity contribution in [3.05, 3.63) is 155 Å². The minimum Gasteiger partial charge on any atom is -0.184 e. The summed E-state index contributed by atoms with van der Waals surface area (Å²) in [5.74, 6) is 5.18. The molecule has 0 heterocycles. The molecule has 18 heteroatoms. The molecule has 0 fully saturated rings. The van der Waals surface area contributed by atoms with Crippen molar-refractivity contribution in [3.63, 3.8) is 0 Å². The van der Waals surface area contributed by atoms with Gasteiger partial charge in [-0.1, -0.05) is 55.4 Å². The van der Waals surface area contributed by atoms with Gasteiger partial charge >= 0.3 is 58.1 Å². The van der Waals surface area contributed by atoms with E-state index in [9.17, 15) is 26.3 Å². The van der Waals surface area contributed by atoms with E-state index in [-0.39, 0.29) is 0 Å². The van der Waals surface area contributed by atoms with E-state index in [0.29, 0.717) is 23.7 Å². The van der Waals surface area contributed by atoms with Crippen LogP contribution in [0, 0.1) is 43.9 Å². The van der Waals surface area contributed by atoms with E-state index in [0.717, 1.165) is 0 Å². The molecular weight excluding hydrogens is 1050 g/mol. The van der Waals surface area contributed by atoms with Gasteiger partial charge in [0, 0.05) is 0 Å². The molecule has 0 aliphatic heterocycles. The molecule has 0 aliphatic rings. The molecule has 0 bridgehead atoms. The van der Waals surface area contributed by atoms with Gasteiger partial charge in [0.15, 0.2) is 20.2 Å². The van der Waals surface area contributed by atoms with Crippen molar-refractivity contribution in [2.45, 2.75) is 132 Å². The SMILES string of the molecule is CC(C)c1[c-]c(C(C)C)ccc1.CC(C)c1[c-]c(C(C)C)ccc1.C[C-](C)C.C[C-](C)C.O=S(=O)([O-])C(F)(F)F.O=S(=O)([O-])C(F)(F)F.[NH]=[Mo+4].[NH]=[Mo+4].[c-]1ccccc1.[c-]1ccccc1. The van der Waals surface area contributed by atoms with Gasteiger partial charge in [0.25, 0.3) is 0 Å². The first-order valence-corrected chi connectivity index (χ1v) is 23.9. The molecule has 4 aromatic rings. The van der Waals surface area contributed by atoms with Crippen molar-refractivity contribution in [3.8, 4) is 0 Å². The van der Waals surface area contributed by atoms with Crippen LogP contribution < -0.4 is 0 Å². The van der Waals surface area contributed by atoms with Crippen molar-refractivity contribution >= 4 is 20.2 Å². The Kier molecular flexibility index (Phi) is 47.4. The van der Waals surface area contributed by atoms with Gasteiger partial charge in [-0.3, -0.25) is 0 Å². The van der Waals surface area contributed by atoms with Crippen LogP contribution >= 0.6 is 0 Å². The largest absolute Gasteiger partial charge is 0.184 e. The number of hydrogen-bond acceptors (Lipinski definition) is 8. The van der Waals surface area contributed by atoms with Crippen molar-refractivity contribution in [2.75, 3.05) is 0 Å². The summed E-state index contributed by atoms with van der Waals surface area (Å²) < 4.78 is 129. The zero-order chi connectivity index (χ0) is 51.9. The second kappa shape index (κ2) is 41.7. The van der Waals surface area contributed by atoms with E-state index in [1.54, 1.807) is 0 Å². The Bertz CT molecular complexity index is 1630. The molecule has 2 N–H and O–H groups in total. The first-order chi connectivity index (χ1) is 29.2. The van der Waals surface area contributed by atoms with Crippen LogP contribution in [0.3, 0.4) is 0 Å². The molecule has 360 valence electrons. The molecule has 0 aliphatic carbocycles. The second-order valence-electron chi connectivity index (χ2n) is 14.7. The maximum absolute atomic E-state index is 10.7. The molecule has 0 spiro atoms. The van der Waals surface area contributed by atoms with E-state index < -0.39 is 31.3 Å². The summed E-state index contributed by atoms with van der Waals surface area (Å²) in [6.45, 7) is 30.1. The molecule has 4 rings (SSSR count). The van der Waals surface area contributed by atoms with E-state index in [1.165, 1.54) is 73.4 Å². The van der Waals surface area contributed by atoms with Crippen molar-refractivity contribution in [1.29, 1.82) is 7.82 Å². The minimum atomic E-state index is -6.09. The van der Waals surface area contributed by atoms with Gasteiger partial charge in [-0.15, -0.1) is 0 Å². The quantitative estimate of drug-likeness (QED) is 0.0680. The van der Waals surface area contributed by atoms with Gasteiger partial charge in [-0.05, 0) is 23.7 Å². The van der Waals surface area contributed by atoms with Crippen molar-refractivity contribution in [2.24, 2.45) is 0 Å². The minimum absolute atomic E-state index is 0.587. The Labute approximate surface area is 404 Å². The molecule has 0 aromatic heterocycles. The van der Waals surface area contributed by atoms with Crippen LogP contribution in [-0.4, -0.2) is 37.0 Å². The van der Waals surface area contributed by atoms with E-state index in [4.69, 9.17) is 33.8 Å². The molecule has 0 amide bonds. The number of halogens is 6. The third-order valence-corrected chi connectivity index (χ3v) is 7.08. The normalized spacial score (nSPS) is 10.5. The fourth-order valence-corrected chi connectivity index (χ4v) is 3.04. The first-order valence-electron chi connectivity index (χ1n) is 19.0. The molecule has 4 aromatic carbocycles. The predicted octanol–water partition coefficient (Wildman–Crippen LogP) is 14.4. The predicted molar refractivity (Wildman–Crippen MR) is 235 cm³/mol. The molecule has 64 heavy (non-hydrogen) atoms. The average molecular weight is 1110 g/mol. The summed E-state index contributed by atoms with van der Waals surface area (Å²) in [6.07, 6.45) is 0. The molecule has 0 atom stereocenters. The van der Waals surface area contributed by atoms with E-state index >= 15 is 0 Å². The fraction of sp³-hybridized carbons (Fsp3) is 0.435. The molecule has 0 radical (unpaired) electrons. The summed E-state index contributed by atoms with van der Waals surface area (Å²) in [4.78, 5) is 0. The third-order valence-electron chi connectivity index (χ3n) is 5.95. The van der Waals surface area contributed by atoms with Crippen molar-refractivity contribution < 1.29 is 91.5 Å². The van der Waals surface area contributed by atoms with Crippen LogP contribution in [0.25, 0.3) is 0 Å². The Morgan fingerprint density at radius 3 is 0.688 bits per heavy atom. The second-order valence-corrected chi connectivity index (χ2v) is 17.4. The van der Waals surface area contributed by atoms with Crippen molar-refractivity contribution in [1.82, 2.24) is 0 Å². The summed E-state index contributed by atoms with van der Waals surface area (Å²) in [7, 11) is -12.2. The Hall–Kier alpha value is -2.74. The molecule has 0 saturated carbocycles. The van der Waals surface area contributed by atoms with Crippen LogP contribution in [0.4, 0.5) is 26.3 Å². The summed E-state index contributed by atoms with van der Waals surface area (Å²) in [6, 6.07) is 44.7. The molecular formula is C46H64F6Mo2N2O6S2. The maximum Gasteiger partial charge on any atom is -0.171 e. The maximum atomic E-state index is 10.7. The van der Waals surface area contributed by atoms with Crippen LogP contribution in [0.5, 0.6) is 0 Å². The number of alkyl halides is 6. The summed E-state index contributed by atoms with van der Waals surface area (Å²) in [5, 5.41) is 0. The van der Waals surface area contributed by atoms with Gasteiger partial charge in [0.2, 0.25) is 0 Å². The third kappa shape index (κ3) is 50.3. The Balaban J connectivity index is -0.000000152. The molecule has 8 nitrogen and oxygen atoms in total. The summed E-state index contributed by atoms with van der Waals surface area (Å²) in [5.41, 5.74) is -6.01. The zero-order valence-corrected chi connectivity index (χ0v) is 44.5. The van der Waals surface area contributed by atoms with Crippen LogP contribution in [0.1, 0.15) is 143 Å². The van der Waals surface area contributed by atoms with Crippen LogP contribution in [-0.2, 0) is 59.5 Å². The van der Waals surface area contributed by atoms with Crippen LogP contribution in [0.2, 0.25) is 0 Å². The average Bonchev–Trinajstić information content (AvgIpc) is 3.20. The zero-order valence-electron chi connectivity index (χ0n) is 38.9. The van der Waals surface area contributed by atoms with Gasteiger partial charge < -0.3 is 20.9 Å². The number of rotatable bonds is 4. The van der Waals surface area contributed by atoms with Gasteiger partial charge in [0.1, 0.15) is 0 Å². The monoisotopic (exact) mass is 1110 g/mol. The van der Waals surface area contributed by atoms with Gasteiger partial charge in [-0.2, -0.15) is 211 Å². The van der Waals surface area contributed by atoms with Crippen LogP contribution in [0.15, 0.2) is 97.1 Å². The standard InChI is InChI=1S/2C12H17.2C6H5.2C4H9.2CHF3O3S.2Mo.2HN/c2*1-9(2)11-6-5-7-12(8-11)10(3)4;2*1-2-4-6-5-3-1;2*1-4(2)3;2*2-1(3,4)8(5,6)7;;;;/h2*5-7,9-10H,1-4H3;2*1-5H;2*1-3H3;2*(H,5,6,7);;;2*1H/q6*-1;;;2*+4;;/p-2. The van der Waals surface area contributed by atoms with Gasteiger partial charge in [0.05, 0.1) is 0 Å².